The molecule has 0 bridgehead atoms. The zero-order valence-corrected chi connectivity index (χ0v) is 12.7. The van der Waals surface area contributed by atoms with E-state index in [4.69, 9.17) is 4.74 Å². The molecule has 1 aliphatic rings. The molecule has 1 fully saturated rings. The lowest BCUT2D eigenvalue weighted by atomic mass is 9.88. The van der Waals surface area contributed by atoms with Gasteiger partial charge in [0.05, 0.1) is 12.3 Å². The lowest BCUT2D eigenvalue weighted by Crippen LogP contribution is -2.45. The highest BCUT2D eigenvalue weighted by Gasteiger charge is 2.31. The molecule has 5 heteroatoms. The highest BCUT2D eigenvalue weighted by atomic mass is 16.6. The standard InChI is InChI=1S/C16H22N2O3/c1-16(2,3)21-15(19)18-10-9-13(14(11-18)17-20)12-7-5-4-6-8-12/h4-8,13,20H,9-11H2,1-3H3/b17-14-. The number of amides is 1. The van der Waals surface area contributed by atoms with E-state index >= 15 is 0 Å². The molecule has 1 atom stereocenters. The van der Waals surface area contributed by atoms with Gasteiger partial charge in [0.15, 0.2) is 0 Å². The van der Waals surface area contributed by atoms with Crippen LogP contribution >= 0.6 is 0 Å². The topological polar surface area (TPSA) is 62.1 Å². The van der Waals surface area contributed by atoms with Crippen LogP contribution in [0.3, 0.4) is 0 Å². The van der Waals surface area contributed by atoms with Crippen LogP contribution in [0.25, 0.3) is 0 Å². The zero-order valence-electron chi connectivity index (χ0n) is 12.7. The van der Waals surface area contributed by atoms with Crippen molar-refractivity contribution in [3.05, 3.63) is 35.9 Å². The van der Waals surface area contributed by atoms with Gasteiger partial charge in [0.2, 0.25) is 0 Å². The van der Waals surface area contributed by atoms with Crippen LogP contribution in [0.1, 0.15) is 38.7 Å². The number of benzene rings is 1. The van der Waals surface area contributed by atoms with Crippen molar-refractivity contribution in [1.82, 2.24) is 4.90 Å². The van der Waals surface area contributed by atoms with E-state index in [1.54, 1.807) is 4.90 Å². The SMILES string of the molecule is CC(C)(C)OC(=O)N1CCC(c2ccccc2)/C(=N\O)C1. The molecule has 0 aliphatic carbocycles. The second-order valence-corrected chi connectivity index (χ2v) is 6.25. The van der Waals surface area contributed by atoms with E-state index in [0.717, 1.165) is 12.0 Å². The van der Waals surface area contributed by atoms with Gasteiger partial charge in [0.25, 0.3) is 0 Å². The number of hydrogen-bond acceptors (Lipinski definition) is 4. The van der Waals surface area contributed by atoms with Crippen molar-refractivity contribution in [3.63, 3.8) is 0 Å². The summed E-state index contributed by atoms with van der Waals surface area (Å²) < 4.78 is 5.36. The Morgan fingerprint density at radius 3 is 2.57 bits per heavy atom. The van der Waals surface area contributed by atoms with Crippen molar-refractivity contribution in [2.45, 2.75) is 38.7 Å². The fourth-order valence-corrected chi connectivity index (χ4v) is 2.46. The second kappa shape index (κ2) is 6.16. The average molecular weight is 290 g/mol. The molecule has 1 N–H and O–H groups in total. The maximum atomic E-state index is 12.1. The second-order valence-electron chi connectivity index (χ2n) is 6.25. The van der Waals surface area contributed by atoms with Gasteiger partial charge in [-0.3, -0.25) is 0 Å². The molecule has 1 aliphatic heterocycles. The number of likely N-dealkylation sites (tertiary alicyclic amines) is 1. The van der Waals surface area contributed by atoms with E-state index in [2.05, 4.69) is 5.16 Å². The van der Waals surface area contributed by atoms with Gasteiger partial charge in [0, 0.05) is 12.5 Å². The summed E-state index contributed by atoms with van der Waals surface area (Å²) in [6.45, 7) is 6.40. The summed E-state index contributed by atoms with van der Waals surface area (Å²) in [6.07, 6.45) is 0.359. The normalized spacial score (nSPS) is 21.4. The summed E-state index contributed by atoms with van der Waals surface area (Å²) in [7, 11) is 0. The molecular formula is C16H22N2O3. The van der Waals surface area contributed by atoms with Crippen LogP contribution < -0.4 is 0 Å². The molecule has 0 aromatic heterocycles. The zero-order chi connectivity index (χ0) is 15.5. The first kappa shape index (κ1) is 15.4. The van der Waals surface area contributed by atoms with E-state index in [9.17, 15) is 10.0 Å². The third kappa shape index (κ3) is 3.97. The van der Waals surface area contributed by atoms with Crippen LogP contribution in [0.2, 0.25) is 0 Å². The number of oxime groups is 1. The van der Waals surface area contributed by atoms with Crippen molar-refractivity contribution >= 4 is 11.8 Å². The minimum absolute atomic E-state index is 0.0508. The molecule has 1 aromatic carbocycles. The molecule has 21 heavy (non-hydrogen) atoms. The summed E-state index contributed by atoms with van der Waals surface area (Å²) in [4.78, 5) is 13.7. The molecule has 1 unspecified atom stereocenters. The smallest absolute Gasteiger partial charge is 0.410 e. The fourth-order valence-electron chi connectivity index (χ4n) is 2.46. The van der Waals surface area contributed by atoms with Crippen molar-refractivity contribution in [1.29, 1.82) is 0 Å². The molecule has 0 saturated carbocycles. The van der Waals surface area contributed by atoms with Gasteiger partial charge in [-0.05, 0) is 32.8 Å². The molecule has 1 amide bonds. The van der Waals surface area contributed by atoms with Crippen LogP contribution in [-0.2, 0) is 4.74 Å². The van der Waals surface area contributed by atoms with E-state index in [0.29, 0.717) is 18.8 Å². The summed E-state index contributed by atoms with van der Waals surface area (Å²) in [5.41, 5.74) is 1.18. The summed E-state index contributed by atoms with van der Waals surface area (Å²) in [5.74, 6) is 0.0508. The third-order valence-corrected chi connectivity index (χ3v) is 3.42. The number of nitrogens with zero attached hydrogens (tertiary/aromatic N) is 2. The Balaban J connectivity index is 2.07. The van der Waals surface area contributed by atoms with Gasteiger partial charge < -0.3 is 14.8 Å². The van der Waals surface area contributed by atoms with E-state index in [1.165, 1.54) is 0 Å². The quantitative estimate of drug-likeness (QED) is 0.638. The molecule has 1 heterocycles. The summed E-state index contributed by atoms with van der Waals surface area (Å²) in [6, 6.07) is 9.90. The van der Waals surface area contributed by atoms with E-state index < -0.39 is 5.60 Å². The molecule has 5 nitrogen and oxygen atoms in total. The number of piperidine rings is 1. The molecule has 1 aromatic rings. The molecule has 0 spiro atoms. The lowest BCUT2D eigenvalue weighted by Gasteiger charge is -2.34. The predicted molar refractivity (Wildman–Crippen MR) is 80.8 cm³/mol. The van der Waals surface area contributed by atoms with Crippen LogP contribution in [0.15, 0.2) is 35.5 Å². The summed E-state index contributed by atoms with van der Waals surface area (Å²) in [5, 5.41) is 12.7. The van der Waals surface area contributed by atoms with Crippen LogP contribution in [0, 0.1) is 0 Å². The Morgan fingerprint density at radius 1 is 1.33 bits per heavy atom. The monoisotopic (exact) mass is 290 g/mol. The van der Waals surface area contributed by atoms with Crippen molar-refractivity contribution < 1.29 is 14.7 Å². The van der Waals surface area contributed by atoms with E-state index in [-0.39, 0.29) is 12.0 Å². The first-order valence-electron chi connectivity index (χ1n) is 7.14. The highest BCUT2D eigenvalue weighted by molar-refractivity contribution is 5.95. The van der Waals surface area contributed by atoms with Crippen molar-refractivity contribution in [3.8, 4) is 0 Å². The Hall–Kier alpha value is -2.04. The van der Waals surface area contributed by atoms with Gasteiger partial charge in [-0.1, -0.05) is 35.5 Å². The largest absolute Gasteiger partial charge is 0.444 e. The molecule has 1 saturated heterocycles. The molecule has 0 radical (unpaired) electrons. The lowest BCUT2D eigenvalue weighted by molar-refractivity contribution is 0.0261. The number of carbonyl (C=O) groups is 1. The van der Waals surface area contributed by atoms with Crippen LogP contribution in [0.4, 0.5) is 4.79 Å². The first-order chi connectivity index (χ1) is 9.90. The number of ether oxygens (including phenoxy) is 1. The molecular weight excluding hydrogens is 268 g/mol. The summed E-state index contributed by atoms with van der Waals surface area (Å²) >= 11 is 0. The van der Waals surface area contributed by atoms with Gasteiger partial charge in [-0.15, -0.1) is 0 Å². The van der Waals surface area contributed by atoms with Crippen LogP contribution in [0.5, 0.6) is 0 Å². The Labute approximate surface area is 125 Å². The minimum atomic E-state index is -0.524. The minimum Gasteiger partial charge on any atom is -0.444 e. The van der Waals surface area contributed by atoms with Gasteiger partial charge >= 0.3 is 6.09 Å². The number of carbonyl (C=O) groups excluding carboxylic acids is 1. The van der Waals surface area contributed by atoms with Crippen molar-refractivity contribution in [2.24, 2.45) is 5.16 Å². The Morgan fingerprint density at radius 2 is 2.00 bits per heavy atom. The van der Waals surface area contributed by atoms with Crippen molar-refractivity contribution in [2.75, 3.05) is 13.1 Å². The number of hydrogen-bond donors (Lipinski definition) is 1. The van der Waals surface area contributed by atoms with Gasteiger partial charge in [-0.2, -0.15) is 0 Å². The maximum absolute atomic E-state index is 12.1. The van der Waals surface area contributed by atoms with Gasteiger partial charge in [-0.25, -0.2) is 4.79 Å². The third-order valence-electron chi connectivity index (χ3n) is 3.42. The highest BCUT2D eigenvalue weighted by Crippen LogP contribution is 2.27. The van der Waals surface area contributed by atoms with Gasteiger partial charge in [0.1, 0.15) is 5.60 Å². The molecule has 114 valence electrons. The Bertz CT molecular complexity index is 520. The molecule has 2 rings (SSSR count). The first-order valence-corrected chi connectivity index (χ1v) is 7.14. The fraction of sp³-hybridized carbons (Fsp3) is 0.500. The predicted octanol–water partition coefficient (Wildman–Crippen LogP) is 3.24. The van der Waals surface area contributed by atoms with Crippen LogP contribution in [-0.4, -0.2) is 40.6 Å². The number of rotatable bonds is 1. The maximum Gasteiger partial charge on any atom is 0.410 e. The average Bonchev–Trinajstić information content (AvgIpc) is 2.45. The Kier molecular flexibility index (Phi) is 4.50. The van der Waals surface area contributed by atoms with E-state index in [1.807, 2.05) is 51.1 Å².